The number of nitrogens with one attached hydrogen (secondary N) is 1. The van der Waals surface area contributed by atoms with E-state index >= 15 is 0 Å². The van der Waals surface area contributed by atoms with Crippen LogP contribution >= 0.6 is 15.9 Å². The average molecular weight is 442 g/mol. The van der Waals surface area contributed by atoms with Crippen LogP contribution in [0.3, 0.4) is 0 Å². The molecule has 0 aliphatic heterocycles. The van der Waals surface area contributed by atoms with Crippen molar-refractivity contribution in [2.75, 3.05) is 0 Å². The first kappa shape index (κ1) is 22.0. The highest BCUT2D eigenvalue weighted by Crippen LogP contribution is 2.24. The molecule has 0 saturated carbocycles. The Bertz CT molecular complexity index is 745. The number of rotatable bonds is 6. The lowest BCUT2D eigenvalue weighted by Crippen LogP contribution is -2.45. The summed E-state index contributed by atoms with van der Waals surface area (Å²) in [5.41, 5.74) is -0.804. The fourth-order valence-electron chi connectivity index (χ4n) is 2.00. The predicted octanol–water partition coefficient (Wildman–Crippen LogP) is 3.76. The normalized spacial score (nSPS) is 13.8. The maximum Gasteiger partial charge on any atom is 0.324 e. The zero-order valence-electron chi connectivity index (χ0n) is 14.7. The molecule has 25 heavy (non-hydrogen) atoms. The Morgan fingerprint density at radius 3 is 2.28 bits per heavy atom. The van der Waals surface area contributed by atoms with Gasteiger partial charge in [0, 0.05) is 6.07 Å². The molecule has 0 fully saturated rings. The zero-order valence-corrected chi connectivity index (χ0v) is 17.1. The number of hydrogen-bond donors (Lipinski definition) is 1. The molecule has 0 heterocycles. The van der Waals surface area contributed by atoms with Crippen LogP contribution in [0.1, 0.15) is 41.0 Å². The van der Waals surface area contributed by atoms with Gasteiger partial charge < -0.3 is 4.74 Å². The minimum Gasteiger partial charge on any atom is -0.459 e. The van der Waals surface area contributed by atoms with Gasteiger partial charge in [-0.25, -0.2) is 17.2 Å². The number of hydrogen-bond acceptors (Lipinski definition) is 4. The molecule has 0 spiro atoms. The molecule has 0 radical (unpaired) electrons. The van der Waals surface area contributed by atoms with Crippen LogP contribution in [0.2, 0.25) is 0 Å². The van der Waals surface area contributed by atoms with Gasteiger partial charge in [0.25, 0.3) is 0 Å². The summed E-state index contributed by atoms with van der Waals surface area (Å²) in [5.74, 6) is -2.96. The average Bonchev–Trinajstić information content (AvgIpc) is 2.39. The van der Waals surface area contributed by atoms with Crippen LogP contribution in [0, 0.1) is 17.6 Å². The lowest BCUT2D eigenvalue weighted by atomic mass is 10.0. The number of benzene rings is 1. The molecule has 1 atom stereocenters. The lowest BCUT2D eigenvalue weighted by Gasteiger charge is -2.25. The molecule has 9 heteroatoms. The standard InChI is InChI=1S/C16H22BrF2NO4S/c1-9(2)6-13(15(21)24-16(3,4)5)20-25(22,23)14-7-10(17)11(18)8-12(14)19/h7-9,13,20H,6H2,1-5H3/t13-/m1/s1. The van der Waals surface area contributed by atoms with E-state index in [0.717, 1.165) is 6.07 Å². The van der Waals surface area contributed by atoms with Gasteiger partial charge in [-0.05, 0) is 55.1 Å². The third kappa shape index (κ3) is 6.63. The second kappa shape index (κ2) is 8.09. The minimum absolute atomic E-state index is 0.0231. The molecule has 0 unspecified atom stereocenters. The van der Waals surface area contributed by atoms with Crippen molar-refractivity contribution < 1.29 is 26.7 Å². The Balaban J connectivity index is 3.18. The second-order valence-electron chi connectivity index (χ2n) is 7.03. The number of sulfonamides is 1. The quantitative estimate of drug-likeness (QED) is 0.538. The number of carbonyl (C=O) groups is 1. The lowest BCUT2D eigenvalue weighted by molar-refractivity contribution is -0.157. The molecule has 1 aromatic rings. The van der Waals surface area contributed by atoms with E-state index in [0.29, 0.717) is 6.07 Å². The van der Waals surface area contributed by atoms with Crippen LogP contribution in [-0.4, -0.2) is 26.0 Å². The molecule has 0 bridgehead atoms. The van der Waals surface area contributed by atoms with Crippen molar-refractivity contribution in [1.82, 2.24) is 4.72 Å². The van der Waals surface area contributed by atoms with E-state index in [4.69, 9.17) is 4.74 Å². The van der Waals surface area contributed by atoms with Gasteiger partial charge in [0.1, 0.15) is 28.2 Å². The Kier molecular flexibility index (Phi) is 7.12. The first-order chi connectivity index (χ1) is 11.2. The molecular weight excluding hydrogens is 420 g/mol. The predicted molar refractivity (Wildman–Crippen MR) is 93.5 cm³/mol. The molecule has 1 rings (SSSR count). The van der Waals surface area contributed by atoms with Gasteiger partial charge in [0.2, 0.25) is 10.0 Å². The first-order valence-electron chi connectivity index (χ1n) is 7.62. The van der Waals surface area contributed by atoms with Crippen LogP contribution in [-0.2, 0) is 19.6 Å². The molecule has 5 nitrogen and oxygen atoms in total. The highest BCUT2D eigenvalue weighted by molar-refractivity contribution is 9.10. The van der Waals surface area contributed by atoms with Crippen molar-refractivity contribution >= 4 is 31.9 Å². The molecule has 1 N–H and O–H groups in total. The molecule has 0 amide bonds. The minimum atomic E-state index is -4.40. The highest BCUT2D eigenvalue weighted by atomic mass is 79.9. The van der Waals surface area contributed by atoms with Crippen LogP contribution < -0.4 is 4.72 Å². The van der Waals surface area contributed by atoms with Gasteiger partial charge in [0.05, 0.1) is 4.47 Å². The van der Waals surface area contributed by atoms with Gasteiger partial charge in [0.15, 0.2) is 0 Å². The highest BCUT2D eigenvalue weighted by Gasteiger charge is 2.32. The largest absolute Gasteiger partial charge is 0.459 e. The number of esters is 1. The Morgan fingerprint density at radius 1 is 1.24 bits per heavy atom. The van der Waals surface area contributed by atoms with Crippen molar-refractivity contribution in [3.63, 3.8) is 0 Å². The first-order valence-corrected chi connectivity index (χ1v) is 9.90. The summed E-state index contributed by atoms with van der Waals surface area (Å²) in [7, 11) is -4.40. The second-order valence-corrected chi connectivity index (χ2v) is 9.57. The summed E-state index contributed by atoms with van der Waals surface area (Å²) < 4.78 is 59.4. The Labute approximate surface area is 155 Å². The zero-order chi connectivity index (χ0) is 19.6. The number of carbonyl (C=O) groups excluding carboxylic acids is 1. The van der Waals surface area contributed by atoms with E-state index < -0.39 is 44.2 Å². The van der Waals surface area contributed by atoms with Gasteiger partial charge in [-0.3, -0.25) is 4.79 Å². The van der Waals surface area contributed by atoms with Crippen molar-refractivity contribution in [2.45, 2.75) is 57.6 Å². The SMILES string of the molecule is CC(C)C[C@@H](NS(=O)(=O)c1cc(Br)c(F)cc1F)C(=O)OC(C)(C)C. The Hall–Kier alpha value is -1.06. The van der Waals surface area contributed by atoms with Crippen molar-refractivity contribution in [3.05, 3.63) is 28.2 Å². The maximum atomic E-state index is 13.9. The summed E-state index contributed by atoms with van der Waals surface area (Å²) in [4.78, 5) is 11.5. The molecule has 0 aliphatic rings. The van der Waals surface area contributed by atoms with E-state index in [1.165, 1.54) is 0 Å². The maximum absolute atomic E-state index is 13.9. The van der Waals surface area contributed by atoms with Crippen LogP contribution in [0.25, 0.3) is 0 Å². The summed E-state index contributed by atoms with van der Waals surface area (Å²) in [6.45, 7) is 8.58. The van der Waals surface area contributed by atoms with Crippen molar-refractivity contribution in [3.8, 4) is 0 Å². The molecule has 0 aliphatic carbocycles. The molecule has 0 saturated heterocycles. The van der Waals surface area contributed by atoms with Crippen LogP contribution in [0.15, 0.2) is 21.5 Å². The topological polar surface area (TPSA) is 72.5 Å². The van der Waals surface area contributed by atoms with E-state index in [2.05, 4.69) is 20.7 Å². The summed E-state index contributed by atoms with van der Waals surface area (Å²) >= 11 is 2.82. The molecule has 1 aromatic carbocycles. The number of halogens is 3. The van der Waals surface area contributed by atoms with E-state index in [-0.39, 0.29) is 16.8 Å². The summed E-state index contributed by atoms with van der Waals surface area (Å²) in [6, 6.07) is 0.0884. The molecule has 0 aromatic heterocycles. The third-order valence-electron chi connectivity index (χ3n) is 2.96. The van der Waals surface area contributed by atoms with Crippen LogP contribution in [0.5, 0.6) is 0 Å². The molecular formula is C16H22BrF2NO4S. The van der Waals surface area contributed by atoms with Crippen molar-refractivity contribution in [1.29, 1.82) is 0 Å². The Morgan fingerprint density at radius 2 is 1.80 bits per heavy atom. The van der Waals surface area contributed by atoms with Gasteiger partial charge in [-0.2, -0.15) is 4.72 Å². The summed E-state index contributed by atoms with van der Waals surface area (Å²) in [5, 5.41) is 0. The van der Waals surface area contributed by atoms with Crippen molar-refractivity contribution in [2.24, 2.45) is 5.92 Å². The van der Waals surface area contributed by atoms with E-state index in [1.807, 2.05) is 0 Å². The van der Waals surface area contributed by atoms with E-state index in [9.17, 15) is 22.0 Å². The molecule has 142 valence electrons. The van der Waals surface area contributed by atoms with Gasteiger partial charge >= 0.3 is 5.97 Å². The monoisotopic (exact) mass is 441 g/mol. The fraction of sp³-hybridized carbons (Fsp3) is 0.562. The van der Waals surface area contributed by atoms with E-state index in [1.54, 1.807) is 34.6 Å². The van der Waals surface area contributed by atoms with Gasteiger partial charge in [-0.1, -0.05) is 13.8 Å². The third-order valence-corrected chi connectivity index (χ3v) is 5.05. The van der Waals surface area contributed by atoms with Gasteiger partial charge in [-0.15, -0.1) is 0 Å². The fourth-order valence-corrected chi connectivity index (χ4v) is 3.78. The summed E-state index contributed by atoms with van der Waals surface area (Å²) in [6.07, 6.45) is 0.165. The van der Waals surface area contributed by atoms with Crippen LogP contribution in [0.4, 0.5) is 8.78 Å². The smallest absolute Gasteiger partial charge is 0.324 e. The number of ether oxygens (including phenoxy) is 1.